The van der Waals surface area contributed by atoms with Gasteiger partial charge in [0.25, 0.3) is 11.8 Å². The van der Waals surface area contributed by atoms with Gasteiger partial charge in [0.15, 0.2) is 18.1 Å². The van der Waals surface area contributed by atoms with Crippen LogP contribution in [0.25, 0.3) is 0 Å². The molecular weight excluding hydrogens is 391 g/mol. The quantitative estimate of drug-likeness (QED) is 0.648. The van der Waals surface area contributed by atoms with E-state index in [1.807, 2.05) is 6.07 Å². The second kappa shape index (κ2) is 8.52. The molecule has 2 amide bonds. The van der Waals surface area contributed by atoms with Crippen LogP contribution in [0, 0.1) is 5.82 Å². The van der Waals surface area contributed by atoms with Crippen LogP contribution in [0.15, 0.2) is 66.7 Å². The Morgan fingerprint density at radius 1 is 0.933 bits per heavy atom. The van der Waals surface area contributed by atoms with Gasteiger partial charge in [-0.1, -0.05) is 18.2 Å². The van der Waals surface area contributed by atoms with Crippen LogP contribution in [0.4, 0.5) is 15.8 Å². The number of hydrogen-bond acceptors (Lipinski definition) is 5. The Morgan fingerprint density at radius 2 is 1.73 bits per heavy atom. The van der Waals surface area contributed by atoms with Crippen molar-refractivity contribution in [1.29, 1.82) is 0 Å². The number of nitrogens with one attached hydrogen (secondary N) is 2. The summed E-state index contributed by atoms with van der Waals surface area (Å²) in [6, 6.07) is 17.5. The monoisotopic (exact) mass is 408 g/mol. The molecule has 0 saturated carbocycles. The van der Waals surface area contributed by atoms with Crippen molar-refractivity contribution >= 4 is 23.2 Å². The van der Waals surface area contributed by atoms with E-state index in [0.29, 0.717) is 28.5 Å². The average molecular weight is 408 g/mol. The molecule has 152 valence electrons. The first-order valence-electron chi connectivity index (χ1n) is 9.07. The molecule has 8 heteroatoms. The maximum atomic E-state index is 14.1. The van der Waals surface area contributed by atoms with E-state index in [9.17, 15) is 14.0 Å². The summed E-state index contributed by atoms with van der Waals surface area (Å²) in [4.78, 5) is 24.6. The van der Waals surface area contributed by atoms with E-state index in [1.165, 1.54) is 12.1 Å². The lowest BCUT2D eigenvalue weighted by molar-refractivity contribution is -0.118. The number of fused-ring (bicyclic) bond motifs is 1. The molecule has 0 aromatic heterocycles. The molecular formula is C22H17FN2O5. The maximum Gasteiger partial charge on any atom is 0.262 e. The predicted molar refractivity (Wildman–Crippen MR) is 107 cm³/mol. The van der Waals surface area contributed by atoms with Crippen LogP contribution >= 0.6 is 0 Å². The molecule has 3 aromatic rings. The highest BCUT2D eigenvalue weighted by Gasteiger charge is 2.17. The topological polar surface area (TPSA) is 85.9 Å². The van der Waals surface area contributed by atoms with Crippen molar-refractivity contribution in [2.24, 2.45) is 0 Å². The van der Waals surface area contributed by atoms with Crippen LogP contribution in [0.3, 0.4) is 0 Å². The van der Waals surface area contributed by atoms with Gasteiger partial charge in [-0.3, -0.25) is 9.59 Å². The third-order valence-electron chi connectivity index (χ3n) is 4.25. The van der Waals surface area contributed by atoms with Gasteiger partial charge < -0.3 is 24.8 Å². The molecule has 2 N–H and O–H groups in total. The summed E-state index contributed by atoms with van der Waals surface area (Å²) in [6.07, 6.45) is 0. The van der Waals surface area contributed by atoms with Crippen molar-refractivity contribution in [1.82, 2.24) is 0 Å². The zero-order chi connectivity index (χ0) is 20.9. The molecule has 0 unspecified atom stereocenters. The predicted octanol–water partition coefficient (Wildman–Crippen LogP) is 3.82. The summed E-state index contributed by atoms with van der Waals surface area (Å²) in [5.41, 5.74) is 0.601. The highest BCUT2D eigenvalue weighted by atomic mass is 19.1. The number of amides is 2. The second-order valence-electron chi connectivity index (χ2n) is 6.37. The van der Waals surface area contributed by atoms with E-state index in [2.05, 4.69) is 10.6 Å². The molecule has 30 heavy (non-hydrogen) atoms. The third kappa shape index (κ3) is 4.49. The van der Waals surface area contributed by atoms with Gasteiger partial charge in [-0.05, 0) is 48.5 Å². The second-order valence-corrected chi connectivity index (χ2v) is 6.37. The van der Waals surface area contributed by atoms with Gasteiger partial charge in [0, 0.05) is 11.3 Å². The van der Waals surface area contributed by atoms with Crippen LogP contribution in [-0.2, 0) is 4.79 Å². The summed E-state index contributed by atoms with van der Waals surface area (Å²) in [6.45, 7) is -0.174. The Morgan fingerprint density at radius 3 is 2.57 bits per heavy atom. The first-order valence-corrected chi connectivity index (χ1v) is 9.07. The molecule has 3 aromatic carbocycles. The zero-order valence-corrected chi connectivity index (χ0v) is 15.7. The standard InChI is InChI=1S/C22H17FN2O5/c23-17-8-7-15(24-22(27)14-6-9-19-20(10-14)30-13-29-19)11-18(17)25-21(26)12-28-16-4-2-1-3-5-16/h1-11H,12-13H2,(H,24,27)(H,25,26). The number of hydrogen-bond donors (Lipinski definition) is 2. The lowest BCUT2D eigenvalue weighted by Gasteiger charge is -2.11. The van der Waals surface area contributed by atoms with Gasteiger partial charge >= 0.3 is 0 Å². The Labute approximate surface area is 171 Å². The van der Waals surface area contributed by atoms with Gasteiger partial charge in [0.1, 0.15) is 11.6 Å². The third-order valence-corrected chi connectivity index (χ3v) is 4.25. The van der Waals surface area contributed by atoms with Crippen LogP contribution in [0.2, 0.25) is 0 Å². The number of anilines is 2. The van der Waals surface area contributed by atoms with Crippen LogP contribution in [-0.4, -0.2) is 25.2 Å². The van der Waals surface area contributed by atoms with E-state index >= 15 is 0 Å². The summed E-state index contributed by atoms with van der Waals surface area (Å²) < 4.78 is 29.9. The van der Waals surface area contributed by atoms with Crippen LogP contribution < -0.4 is 24.8 Å². The SMILES string of the molecule is O=C(COc1ccccc1)Nc1cc(NC(=O)c2ccc3c(c2)OCO3)ccc1F. The van der Waals surface area contributed by atoms with Crippen molar-refractivity contribution in [3.05, 3.63) is 78.1 Å². The first kappa shape index (κ1) is 19.3. The number of carbonyl (C=O) groups is 2. The average Bonchev–Trinajstić information content (AvgIpc) is 3.23. The minimum absolute atomic E-state index is 0.0693. The summed E-state index contributed by atoms with van der Waals surface area (Å²) in [5.74, 6) is -0.00669. The fourth-order valence-corrected chi connectivity index (χ4v) is 2.79. The van der Waals surface area contributed by atoms with E-state index in [0.717, 1.165) is 6.07 Å². The van der Waals surface area contributed by atoms with Crippen molar-refractivity contribution in [2.75, 3.05) is 24.0 Å². The largest absolute Gasteiger partial charge is 0.484 e. The molecule has 0 bridgehead atoms. The minimum atomic E-state index is -0.635. The van der Waals surface area contributed by atoms with Crippen molar-refractivity contribution in [3.8, 4) is 17.2 Å². The number of halogens is 1. The summed E-state index contributed by atoms with van der Waals surface area (Å²) in [5, 5.41) is 5.10. The molecule has 0 atom stereocenters. The molecule has 7 nitrogen and oxygen atoms in total. The van der Waals surface area contributed by atoms with E-state index in [-0.39, 0.29) is 19.1 Å². The van der Waals surface area contributed by atoms with Gasteiger partial charge in [0.2, 0.25) is 6.79 Å². The van der Waals surface area contributed by atoms with E-state index in [4.69, 9.17) is 14.2 Å². The first-order chi connectivity index (χ1) is 14.6. The molecule has 1 aliphatic rings. The van der Waals surface area contributed by atoms with Crippen molar-refractivity contribution < 1.29 is 28.2 Å². The Bertz CT molecular complexity index is 1090. The molecule has 1 aliphatic heterocycles. The molecule has 0 radical (unpaired) electrons. The number of ether oxygens (including phenoxy) is 3. The number of carbonyl (C=O) groups excluding carboxylic acids is 2. The Balaban J connectivity index is 1.40. The number of benzene rings is 3. The molecule has 0 aliphatic carbocycles. The van der Waals surface area contributed by atoms with Crippen LogP contribution in [0.5, 0.6) is 17.2 Å². The van der Waals surface area contributed by atoms with Gasteiger partial charge in [-0.2, -0.15) is 0 Å². The van der Waals surface area contributed by atoms with Crippen molar-refractivity contribution in [2.45, 2.75) is 0 Å². The highest BCUT2D eigenvalue weighted by molar-refractivity contribution is 6.05. The molecule has 0 saturated heterocycles. The summed E-state index contributed by atoms with van der Waals surface area (Å²) in [7, 11) is 0. The normalized spacial score (nSPS) is 11.6. The summed E-state index contributed by atoms with van der Waals surface area (Å²) >= 11 is 0. The molecule has 1 heterocycles. The minimum Gasteiger partial charge on any atom is -0.484 e. The number of para-hydroxylation sites is 1. The van der Waals surface area contributed by atoms with Gasteiger partial charge in [-0.15, -0.1) is 0 Å². The maximum absolute atomic E-state index is 14.1. The van der Waals surface area contributed by atoms with Crippen LogP contribution in [0.1, 0.15) is 10.4 Å². The fraction of sp³-hybridized carbons (Fsp3) is 0.0909. The fourth-order valence-electron chi connectivity index (χ4n) is 2.79. The van der Waals surface area contributed by atoms with Gasteiger partial charge in [-0.25, -0.2) is 4.39 Å². The molecule has 4 rings (SSSR count). The number of rotatable bonds is 6. The Kier molecular flexibility index (Phi) is 5.47. The Hall–Kier alpha value is -4.07. The van der Waals surface area contributed by atoms with E-state index < -0.39 is 17.6 Å². The van der Waals surface area contributed by atoms with Crippen molar-refractivity contribution in [3.63, 3.8) is 0 Å². The van der Waals surface area contributed by atoms with Gasteiger partial charge in [0.05, 0.1) is 5.69 Å². The lowest BCUT2D eigenvalue weighted by atomic mass is 10.2. The lowest BCUT2D eigenvalue weighted by Crippen LogP contribution is -2.21. The molecule has 0 spiro atoms. The highest BCUT2D eigenvalue weighted by Crippen LogP contribution is 2.32. The smallest absolute Gasteiger partial charge is 0.262 e. The zero-order valence-electron chi connectivity index (χ0n) is 15.7. The van der Waals surface area contributed by atoms with E-state index in [1.54, 1.807) is 42.5 Å². The molecule has 0 fully saturated rings.